The lowest BCUT2D eigenvalue weighted by Crippen LogP contribution is -1.97. The number of nitrogen functional groups attached to an aromatic ring is 1. The summed E-state index contributed by atoms with van der Waals surface area (Å²) in [6, 6.07) is 21.8. The predicted molar refractivity (Wildman–Crippen MR) is 87.0 cm³/mol. The first kappa shape index (κ1) is 14.1. The highest BCUT2D eigenvalue weighted by molar-refractivity contribution is 5.77. The van der Waals surface area contributed by atoms with Crippen molar-refractivity contribution >= 4 is 5.69 Å². The summed E-state index contributed by atoms with van der Waals surface area (Å²) in [7, 11) is 0. The summed E-state index contributed by atoms with van der Waals surface area (Å²) in [5.41, 5.74) is 9.55. The zero-order valence-electron chi connectivity index (χ0n) is 12.0. The van der Waals surface area contributed by atoms with Crippen molar-refractivity contribution < 1.29 is 9.13 Å². The third kappa shape index (κ3) is 3.26. The zero-order valence-corrected chi connectivity index (χ0v) is 12.0. The maximum absolute atomic E-state index is 13.0. The molecule has 2 N–H and O–H groups in total. The van der Waals surface area contributed by atoms with Gasteiger partial charge in [0.25, 0.3) is 0 Å². The molecular formula is C19H16FNO. The molecule has 0 bridgehead atoms. The second-order valence-electron chi connectivity index (χ2n) is 5.03. The van der Waals surface area contributed by atoms with Crippen LogP contribution in [0.15, 0.2) is 72.8 Å². The molecule has 3 aromatic carbocycles. The Bertz CT molecular complexity index is 754. The van der Waals surface area contributed by atoms with E-state index < -0.39 is 0 Å². The summed E-state index contributed by atoms with van der Waals surface area (Å²) in [5, 5.41) is 0. The van der Waals surface area contributed by atoms with Gasteiger partial charge in [-0.2, -0.15) is 0 Å². The van der Waals surface area contributed by atoms with Gasteiger partial charge in [0, 0.05) is 17.3 Å². The Labute approximate surface area is 129 Å². The smallest absolute Gasteiger partial charge is 0.123 e. The normalized spacial score (nSPS) is 10.4. The number of hydrogen-bond acceptors (Lipinski definition) is 2. The molecule has 3 aromatic rings. The van der Waals surface area contributed by atoms with Crippen LogP contribution in [0.25, 0.3) is 11.1 Å². The van der Waals surface area contributed by atoms with E-state index in [-0.39, 0.29) is 5.82 Å². The lowest BCUT2D eigenvalue weighted by molar-refractivity contribution is 0.306. The van der Waals surface area contributed by atoms with Crippen LogP contribution < -0.4 is 10.5 Å². The average molecular weight is 293 g/mol. The van der Waals surface area contributed by atoms with E-state index in [9.17, 15) is 4.39 Å². The van der Waals surface area contributed by atoms with E-state index in [1.807, 2.05) is 42.5 Å². The molecular weight excluding hydrogens is 277 g/mol. The Balaban J connectivity index is 1.76. The molecule has 0 aliphatic heterocycles. The van der Waals surface area contributed by atoms with Crippen LogP contribution in [0, 0.1) is 5.82 Å². The van der Waals surface area contributed by atoms with Gasteiger partial charge in [-0.25, -0.2) is 4.39 Å². The van der Waals surface area contributed by atoms with E-state index in [4.69, 9.17) is 10.5 Å². The van der Waals surface area contributed by atoms with Crippen molar-refractivity contribution in [1.29, 1.82) is 0 Å². The van der Waals surface area contributed by atoms with Crippen molar-refractivity contribution in [3.8, 4) is 16.9 Å². The summed E-state index contributed by atoms with van der Waals surface area (Å²) in [4.78, 5) is 0. The van der Waals surface area contributed by atoms with Gasteiger partial charge in [0.05, 0.1) is 0 Å². The summed E-state index contributed by atoms with van der Waals surface area (Å²) in [5.74, 6) is 0.456. The van der Waals surface area contributed by atoms with E-state index in [1.54, 1.807) is 18.2 Å². The molecule has 2 nitrogen and oxygen atoms in total. The lowest BCUT2D eigenvalue weighted by atomic mass is 10.0. The topological polar surface area (TPSA) is 35.2 Å². The molecule has 0 aliphatic rings. The zero-order chi connectivity index (χ0) is 15.4. The van der Waals surface area contributed by atoms with E-state index >= 15 is 0 Å². The fourth-order valence-corrected chi connectivity index (χ4v) is 2.26. The second kappa shape index (κ2) is 6.31. The summed E-state index contributed by atoms with van der Waals surface area (Å²) >= 11 is 0. The van der Waals surface area contributed by atoms with Crippen LogP contribution in [-0.4, -0.2) is 0 Å². The van der Waals surface area contributed by atoms with Crippen LogP contribution in [0.3, 0.4) is 0 Å². The molecule has 0 radical (unpaired) electrons. The molecule has 3 heteroatoms. The monoisotopic (exact) mass is 293 g/mol. The maximum Gasteiger partial charge on any atom is 0.123 e. The van der Waals surface area contributed by atoms with Gasteiger partial charge in [-0.05, 0) is 35.4 Å². The third-order valence-corrected chi connectivity index (χ3v) is 3.43. The molecule has 0 fully saturated rings. The van der Waals surface area contributed by atoms with Crippen molar-refractivity contribution in [2.24, 2.45) is 0 Å². The SMILES string of the molecule is Nc1cc(OCc2ccccc2)ccc1-c1ccc(F)cc1. The minimum atomic E-state index is -0.259. The van der Waals surface area contributed by atoms with Gasteiger partial charge < -0.3 is 10.5 Å². The molecule has 0 aromatic heterocycles. The van der Waals surface area contributed by atoms with Gasteiger partial charge >= 0.3 is 0 Å². The first-order chi connectivity index (χ1) is 10.7. The highest BCUT2D eigenvalue weighted by Crippen LogP contribution is 2.29. The molecule has 0 heterocycles. The van der Waals surface area contributed by atoms with Gasteiger partial charge in [-0.15, -0.1) is 0 Å². The van der Waals surface area contributed by atoms with Crippen LogP contribution in [0.2, 0.25) is 0 Å². The van der Waals surface area contributed by atoms with Crippen LogP contribution in [0.1, 0.15) is 5.56 Å². The first-order valence-corrected chi connectivity index (χ1v) is 7.04. The maximum atomic E-state index is 13.0. The third-order valence-electron chi connectivity index (χ3n) is 3.43. The Kier molecular flexibility index (Phi) is 4.05. The number of halogens is 1. The molecule has 0 saturated carbocycles. The standard InChI is InChI=1S/C19H16FNO/c20-16-8-6-15(7-9-16)18-11-10-17(12-19(18)21)22-13-14-4-2-1-3-5-14/h1-12H,13,21H2. The highest BCUT2D eigenvalue weighted by atomic mass is 19.1. The van der Waals surface area contributed by atoms with Gasteiger partial charge in [-0.3, -0.25) is 0 Å². The fourth-order valence-electron chi connectivity index (χ4n) is 2.26. The van der Waals surface area contributed by atoms with Crippen molar-refractivity contribution in [2.45, 2.75) is 6.61 Å². The average Bonchev–Trinajstić information content (AvgIpc) is 2.55. The van der Waals surface area contributed by atoms with E-state index in [0.717, 1.165) is 16.7 Å². The largest absolute Gasteiger partial charge is 0.489 e. The predicted octanol–water partition coefficient (Wildman–Crippen LogP) is 4.65. The van der Waals surface area contributed by atoms with E-state index in [2.05, 4.69) is 0 Å². The number of nitrogens with two attached hydrogens (primary N) is 1. The Morgan fingerprint density at radius 1 is 0.864 bits per heavy atom. The van der Waals surface area contributed by atoms with Gasteiger partial charge in [0.15, 0.2) is 0 Å². The van der Waals surface area contributed by atoms with Crippen LogP contribution in [-0.2, 0) is 6.61 Å². The quantitative estimate of drug-likeness (QED) is 0.710. The number of benzene rings is 3. The lowest BCUT2D eigenvalue weighted by Gasteiger charge is -2.10. The Morgan fingerprint density at radius 2 is 1.59 bits per heavy atom. The van der Waals surface area contributed by atoms with Crippen LogP contribution in [0.5, 0.6) is 5.75 Å². The molecule has 0 amide bonds. The Hall–Kier alpha value is -2.81. The van der Waals surface area contributed by atoms with Crippen LogP contribution in [0.4, 0.5) is 10.1 Å². The number of ether oxygens (including phenoxy) is 1. The number of anilines is 1. The number of rotatable bonds is 4. The van der Waals surface area contributed by atoms with Gasteiger partial charge in [-0.1, -0.05) is 42.5 Å². The van der Waals surface area contributed by atoms with Gasteiger partial charge in [0.1, 0.15) is 18.2 Å². The number of hydrogen-bond donors (Lipinski definition) is 1. The van der Waals surface area contributed by atoms with Crippen molar-refractivity contribution in [1.82, 2.24) is 0 Å². The van der Waals surface area contributed by atoms with Crippen molar-refractivity contribution in [3.05, 3.63) is 84.2 Å². The second-order valence-corrected chi connectivity index (χ2v) is 5.03. The molecule has 0 saturated heterocycles. The molecule has 0 spiro atoms. The van der Waals surface area contributed by atoms with E-state index in [0.29, 0.717) is 18.0 Å². The molecule has 0 unspecified atom stereocenters. The summed E-state index contributed by atoms with van der Waals surface area (Å²) in [6.07, 6.45) is 0. The summed E-state index contributed by atoms with van der Waals surface area (Å²) < 4.78 is 18.7. The highest BCUT2D eigenvalue weighted by Gasteiger charge is 2.05. The Morgan fingerprint density at radius 3 is 2.27 bits per heavy atom. The molecule has 0 aliphatic carbocycles. The van der Waals surface area contributed by atoms with Crippen molar-refractivity contribution in [2.75, 3.05) is 5.73 Å². The molecule has 0 atom stereocenters. The van der Waals surface area contributed by atoms with Crippen molar-refractivity contribution in [3.63, 3.8) is 0 Å². The summed E-state index contributed by atoms with van der Waals surface area (Å²) in [6.45, 7) is 0.496. The van der Waals surface area contributed by atoms with Crippen LogP contribution >= 0.6 is 0 Å². The minimum absolute atomic E-state index is 0.259. The first-order valence-electron chi connectivity index (χ1n) is 7.04. The fraction of sp³-hybridized carbons (Fsp3) is 0.0526. The van der Waals surface area contributed by atoms with Gasteiger partial charge in [0.2, 0.25) is 0 Å². The van der Waals surface area contributed by atoms with E-state index in [1.165, 1.54) is 12.1 Å². The molecule has 22 heavy (non-hydrogen) atoms. The minimum Gasteiger partial charge on any atom is -0.489 e. The molecule has 110 valence electrons. The molecule has 3 rings (SSSR count).